The summed E-state index contributed by atoms with van der Waals surface area (Å²) in [5, 5.41) is 3.17. The number of nitrogens with zero attached hydrogens (tertiary/aromatic N) is 2. The number of carbonyl (C=O) groups is 2. The number of likely N-dealkylation sites (N-methyl/N-ethyl adjacent to an activating group) is 1. The fourth-order valence-corrected chi connectivity index (χ4v) is 3.92. The number of amides is 2. The Morgan fingerprint density at radius 3 is 2.60 bits per heavy atom. The third-order valence-corrected chi connectivity index (χ3v) is 5.46. The molecule has 2 fully saturated rings. The summed E-state index contributed by atoms with van der Waals surface area (Å²) in [6.45, 7) is 4.73. The summed E-state index contributed by atoms with van der Waals surface area (Å²) in [6, 6.07) is 8.64. The zero-order valence-electron chi connectivity index (χ0n) is 15.3. The minimum atomic E-state index is 0.0583. The van der Waals surface area contributed by atoms with Crippen molar-refractivity contribution in [3.05, 3.63) is 35.4 Å². The first-order valence-corrected chi connectivity index (χ1v) is 9.37. The van der Waals surface area contributed by atoms with Gasteiger partial charge in [-0.05, 0) is 38.2 Å². The monoisotopic (exact) mass is 343 g/mol. The van der Waals surface area contributed by atoms with Crippen molar-refractivity contribution in [2.24, 2.45) is 0 Å². The van der Waals surface area contributed by atoms with Crippen LogP contribution in [-0.2, 0) is 16.0 Å². The van der Waals surface area contributed by atoms with Crippen LogP contribution in [0.3, 0.4) is 0 Å². The van der Waals surface area contributed by atoms with Gasteiger partial charge in [0.05, 0.1) is 6.04 Å². The predicted molar refractivity (Wildman–Crippen MR) is 98.3 cm³/mol. The maximum Gasteiger partial charge on any atom is 0.239 e. The topological polar surface area (TPSA) is 52.7 Å². The second kappa shape index (κ2) is 8.00. The Morgan fingerprint density at radius 2 is 1.96 bits per heavy atom. The van der Waals surface area contributed by atoms with Gasteiger partial charge in [-0.15, -0.1) is 0 Å². The number of likely N-dealkylation sites (tertiary alicyclic amines) is 2. The molecule has 2 aliphatic heterocycles. The van der Waals surface area contributed by atoms with Crippen LogP contribution in [-0.4, -0.2) is 60.4 Å². The SMILES string of the molecule is Cc1cccc(CCC(=O)NC2CCN([C@H]3CCN(C)C3=O)CC2)c1. The Balaban J connectivity index is 1.40. The summed E-state index contributed by atoms with van der Waals surface area (Å²) < 4.78 is 0. The molecule has 2 aliphatic rings. The van der Waals surface area contributed by atoms with Gasteiger partial charge >= 0.3 is 0 Å². The lowest BCUT2D eigenvalue weighted by Crippen LogP contribution is -2.50. The highest BCUT2D eigenvalue weighted by atomic mass is 16.2. The highest BCUT2D eigenvalue weighted by Crippen LogP contribution is 2.20. The minimum Gasteiger partial charge on any atom is -0.353 e. The van der Waals surface area contributed by atoms with Gasteiger partial charge in [0, 0.05) is 39.1 Å². The lowest BCUT2D eigenvalue weighted by atomic mass is 10.0. The summed E-state index contributed by atoms with van der Waals surface area (Å²) in [4.78, 5) is 28.5. The van der Waals surface area contributed by atoms with E-state index in [1.54, 1.807) is 0 Å². The average molecular weight is 343 g/mol. The van der Waals surface area contributed by atoms with Gasteiger partial charge in [-0.25, -0.2) is 0 Å². The van der Waals surface area contributed by atoms with E-state index in [2.05, 4.69) is 35.3 Å². The fraction of sp³-hybridized carbons (Fsp3) is 0.600. The van der Waals surface area contributed by atoms with Crippen molar-refractivity contribution in [1.82, 2.24) is 15.1 Å². The molecule has 2 saturated heterocycles. The molecular formula is C20H29N3O2. The van der Waals surface area contributed by atoms with Crippen LogP contribution in [0, 0.1) is 6.92 Å². The van der Waals surface area contributed by atoms with E-state index >= 15 is 0 Å². The quantitative estimate of drug-likeness (QED) is 0.886. The molecule has 1 N–H and O–H groups in total. The van der Waals surface area contributed by atoms with E-state index < -0.39 is 0 Å². The van der Waals surface area contributed by atoms with Gasteiger partial charge in [0.15, 0.2) is 0 Å². The predicted octanol–water partition coefficient (Wildman–Crippen LogP) is 1.74. The molecule has 25 heavy (non-hydrogen) atoms. The van der Waals surface area contributed by atoms with Crippen LogP contribution in [0.4, 0.5) is 0 Å². The van der Waals surface area contributed by atoms with Crippen LogP contribution in [0.15, 0.2) is 24.3 Å². The zero-order valence-corrected chi connectivity index (χ0v) is 15.3. The minimum absolute atomic E-state index is 0.0583. The van der Waals surface area contributed by atoms with Gasteiger partial charge in [-0.2, -0.15) is 0 Å². The van der Waals surface area contributed by atoms with E-state index in [1.807, 2.05) is 18.0 Å². The van der Waals surface area contributed by atoms with Crippen LogP contribution >= 0.6 is 0 Å². The summed E-state index contributed by atoms with van der Waals surface area (Å²) in [5.41, 5.74) is 2.45. The maximum absolute atomic E-state index is 12.2. The first-order chi connectivity index (χ1) is 12.0. The van der Waals surface area contributed by atoms with E-state index in [9.17, 15) is 9.59 Å². The number of hydrogen-bond donors (Lipinski definition) is 1. The van der Waals surface area contributed by atoms with E-state index in [0.29, 0.717) is 6.42 Å². The van der Waals surface area contributed by atoms with E-state index in [1.165, 1.54) is 11.1 Å². The second-order valence-corrected chi connectivity index (χ2v) is 7.43. The number of hydrogen-bond acceptors (Lipinski definition) is 3. The third kappa shape index (κ3) is 4.60. The third-order valence-electron chi connectivity index (χ3n) is 5.46. The van der Waals surface area contributed by atoms with Crippen molar-refractivity contribution in [2.45, 2.75) is 51.1 Å². The molecule has 0 saturated carbocycles. The molecule has 1 aromatic rings. The Bertz CT molecular complexity index is 623. The Hall–Kier alpha value is -1.88. The molecule has 0 unspecified atom stereocenters. The molecule has 0 bridgehead atoms. The van der Waals surface area contributed by atoms with Gasteiger partial charge in [0.25, 0.3) is 0 Å². The number of nitrogens with one attached hydrogen (secondary N) is 1. The lowest BCUT2D eigenvalue weighted by molar-refractivity contribution is -0.131. The second-order valence-electron chi connectivity index (χ2n) is 7.43. The standard InChI is InChI=1S/C20H29N3O2/c1-15-4-3-5-16(14-15)6-7-19(24)21-17-8-12-23(13-9-17)18-10-11-22(2)20(18)25/h3-5,14,17-18H,6-13H2,1-2H3,(H,21,24)/t18-/m0/s1. The number of piperidine rings is 1. The first-order valence-electron chi connectivity index (χ1n) is 9.37. The smallest absolute Gasteiger partial charge is 0.239 e. The van der Waals surface area contributed by atoms with Crippen molar-refractivity contribution >= 4 is 11.8 Å². The molecule has 1 aromatic carbocycles. The molecule has 2 heterocycles. The first kappa shape index (κ1) is 17.9. The molecule has 3 rings (SSSR count). The van der Waals surface area contributed by atoms with Gasteiger partial charge in [-0.1, -0.05) is 29.8 Å². The summed E-state index contributed by atoms with van der Waals surface area (Å²) in [6.07, 6.45) is 4.13. The molecule has 0 aromatic heterocycles. The molecule has 5 nitrogen and oxygen atoms in total. The molecule has 0 spiro atoms. The van der Waals surface area contributed by atoms with Crippen LogP contribution in [0.25, 0.3) is 0 Å². The fourth-order valence-electron chi connectivity index (χ4n) is 3.92. The van der Waals surface area contributed by atoms with Crippen molar-refractivity contribution in [2.75, 3.05) is 26.7 Å². The number of benzene rings is 1. The highest BCUT2D eigenvalue weighted by molar-refractivity contribution is 5.83. The molecule has 136 valence electrons. The number of aryl methyl sites for hydroxylation is 2. The molecule has 5 heteroatoms. The number of rotatable bonds is 5. The lowest BCUT2D eigenvalue weighted by Gasteiger charge is -2.35. The van der Waals surface area contributed by atoms with Gasteiger partial charge in [0.2, 0.25) is 11.8 Å². The van der Waals surface area contributed by atoms with Crippen molar-refractivity contribution in [1.29, 1.82) is 0 Å². The molecular weight excluding hydrogens is 314 g/mol. The van der Waals surface area contributed by atoms with Crippen LogP contribution in [0.5, 0.6) is 0 Å². The van der Waals surface area contributed by atoms with Crippen LogP contribution in [0.1, 0.15) is 36.8 Å². The Morgan fingerprint density at radius 1 is 1.20 bits per heavy atom. The molecule has 0 radical (unpaired) electrons. The van der Waals surface area contributed by atoms with Gasteiger partial charge in [-0.3, -0.25) is 14.5 Å². The molecule has 2 amide bonds. The zero-order chi connectivity index (χ0) is 17.8. The van der Waals surface area contributed by atoms with Crippen molar-refractivity contribution < 1.29 is 9.59 Å². The van der Waals surface area contributed by atoms with E-state index in [0.717, 1.165) is 45.3 Å². The highest BCUT2D eigenvalue weighted by Gasteiger charge is 2.35. The van der Waals surface area contributed by atoms with Crippen LogP contribution < -0.4 is 5.32 Å². The van der Waals surface area contributed by atoms with Crippen LogP contribution in [0.2, 0.25) is 0 Å². The normalized spacial score (nSPS) is 22.4. The van der Waals surface area contributed by atoms with Gasteiger partial charge in [0.1, 0.15) is 0 Å². The van der Waals surface area contributed by atoms with Gasteiger partial charge < -0.3 is 10.2 Å². The number of carbonyl (C=O) groups excluding carboxylic acids is 2. The largest absolute Gasteiger partial charge is 0.353 e. The summed E-state index contributed by atoms with van der Waals surface area (Å²) in [7, 11) is 1.88. The summed E-state index contributed by atoms with van der Waals surface area (Å²) >= 11 is 0. The van der Waals surface area contributed by atoms with Crippen molar-refractivity contribution in [3.8, 4) is 0 Å². The Labute approximate surface area is 150 Å². The average Bonchev–Trinajstić information content (AvgIpc) is 2.93. The Kier molecular flexibility index (Phi) is 5.74. The molecule has 1 atom stereocenters. The summed E-state index contributed by atoms with van der Waals surface area (Å²) in [5.74, 6) is 0.386. The van der Waals surface area contributed by atoms with E-state index in [4.69, 9.17) is 0 Å². The van der Waals surface area contributed by atoms with E-state index in [-0.39, 0.29) is 23.9 Å². The maximum atomic E-state index is 12.2. The van der Waals surface area contributed by atoms with Crippen molar-refractivity contribution in [3.63, 3.8) is 0 Å². The molecule has 0 aliphatic carbocycles.